The Bertz CT molecular complexity index is 289. The molecule has 0 amide bonds. The van der Waals surface area contributed by atoms with Crippen molar-refractivity contribution >= 4 is 0 Å². The van der Waals surface area contributed by atoms with Crippen molar-refractivity contribution in [3.63, 3.8) is 0 Å². The van der Waals surface area contributed by atoms with Crippen LogP contribution >= 0.6 is 0 Å². The van der Waals surface area contributed by atoms with E-state index in [-0.39, 0.29) is 22.8 Å². The molecular formula is C9H12NO3. The van der Waals surface area contributed by atoms with Crippen LogP contribution in [-0.2, 0) is 0 Å². The van der Waals surface area contributed by atoms with Gasteiger partial charge in [0.25, 0.3) is 0 Å². The van der Waals surface area contributed by atoms with Crippen LogP contribution in [0.3, 0.4) is 0 Å². The third-order valence-electron chi connectivity index (χ3n) is 1.78. The molecule has 4 nitrogen and oxygen atoms in total. The Morgan fingerprint density at radius 1 is 1.23 bits per heavy atom. The van der Waals surface area contributed by atoms with Gasteiger partial charge in [0.1, 0.15) is 17.2 Å². The minimum absolute atomic E-state index is 0.192. The lowest BCUT2D eigenvalue weighted by atomic mass is 10.0. The van der Waals surface area contributed by atoms with Crippen molar-refractivity contribution in [1.29, 1.82) is 0 Å². The molecule has 0 aliphatic rings. The zero-order valence-corrected chi connectivity index (χ0v) is 7.28. The van der Waals surface area contributed by atoms with Gasteiger partial charge in [0.05, 0.1) is 11.6 Å². The van der Waals surface area contributed by atoms with Gasteiger partial charge in [-0.3, -0.25) is 0 Å². The van der Waals surface area contributed by atoms with Gasteiger partial charge in [0.2, 0.25) is 0 Å². The summed E-state index contributed by atoms with van der Waals surface area (Å²) in [5, 5.41) is 27.7. The van der Waals surface area contributed by atoms with Crippen LogP contribution in [0.15, 0.2) is 12.1 Å². The fourth-order valence-electron chi connectivity index (χ4n) is 1.10. The van der Waals surface area contributed by atoms with Gasteiger partial charge in [-0.25, -0.2) is 0 Å². The summed E-state index contributed by atoms with van der Waals surface area (Å²) in [7, 11) is 0. The Morgan fingerprint density at radius 3 is 2.08 bits per heavy atom. The fourth-order valence-corrected chi connectivity index (χ4v) is 1.10. The van der Waals surface area contributed by atoms with Crippen molar-refractivity contribution in [3.05, 3.63) is 23.7 Å². The predicted octanol–water partition coefficient (Wildman–Crippen LogP) is 1.05. The van der Waals surface area contributed by atoms with Crippen LogP contribution in [0.25, 0.3) is 0 Å². The third kappa shape index (κ3) is 1.84. The average molecular weight is 182 g/mol. The highest BCUT2D eigenvalue weighted by Crippen LogP contribution is 2.35. The summed E-state index contributed by atoms with van der Waals surface area (Å²) in [5.74, 6) is -0.614. The summed E-state index contributed by atoms with van der Waals surface area (Å²) in [5.41, 5.74) is 5.76. The smallest absolute Gasteiger partial charge is 0.128 e. The molecule has 1 aromatic rings. The molecule has 0 unspecified atom stereocenters. The molecule has 71 valence electrons. The quantitative estimate of drug-likeness (QED) is 0.550. The largest absolute Gasteiger partial charge is 0.508 e. The summed E-state index contributed by atoms with van der Waals surface area (Å²) < 4.78 is 0. The first-order valence-corrected chi connectivity index (χ1v) is 3.92. The van der Waals surface area contributed by atoms with E-state index in [1.54, 1.807) is 6.92 Å². The minimum atomic E-state index is -0.211. The molecule has 0 aliphatic heterocycles. The highest BCUT2D eigenvalue weighted by molar-refractivity contribution is 5.54. The second-order valence-corrected chi connectivity index (χ2v) is 2.74. The lowest BCUT2D eigenvalue weighted by Crippen LogP contribution is -2.10. The maximum absolute atomic E-state index is 9.35. The summed E-state index contributed by atoms with van der Waals surface area (Å²) in [6.07, 6.45) is 0.520. The molecule has 0 fully saturated rings. The van der Waals surface area contributed by atoms with Gasteiger partial charge in [-0.15, -0.1) is 0 Å². The number of hydrogen-bond donors (Lipinski definition) is 4. The van der Waals surface area contributed by atoms with E-state index in [0.29, 0.717) is 12.5 Å². The maximum Gasteiger partial charge on any atom is 0.128 e. The van der Waals surface area contributed by atoms with Crippen molar-refractivity contribution in [1.82, 2.24) is 0 Å². The molecule has 0 spiro atoms. The molecule has 4 heteroatoms. The highest BCUT2D eigenvalue weighted by Gasteiger charge is 2.15. The van der Waals surface area contributed by atoms with Crippen LogP contribution in [0.2, 0.25) is 0 Å². The maximum atomic E-state index is 9.35. The van der Waals surface area contributed by atoms with Gasteiger partial charge in [0.15, 0.2) is 0 Å². The first kappa shape index (κ1) is 9.67. The zero-order valence-electron chi connectivity index (χ0n) is 7.28. The van der Waals surface area contributed by atoms with E-state index < -0.39 is 0 Å². The number of benzene rings is 1. The fraction of sp³-hybridized carbons (Fsp3) is 0.222. The van der Waals surface area contributed by atoms with Crippen LogP contribution in [0.5, 0.6) is 17.2 Å². The highest BCUT2D eigenvalue weighted by atomic mass is 16.3. The van der Waals surface area contributed by atoms with E-state index >= 15 is 0 Å². The summed E-state index contributed by atoms with van der Waals surface area (Å²) >= 11 is 0. The Hall–Kier alpha value is -1.42. The lowest BCUT2D eigenvalue weighted by Gasteiger charge is -2.12. The molecule has 0 bridgehead atoms. The zero-order chi connectivity index (χ0) is 10.0. The van der Waals surface area contributed by atoms with Crippen molar-refractivity contribution < 1.29 is 15.3 Å². The topological polar surface area (TPSA) is 86.7 Å². The Labute approximate surface area is 76.2 Å². The number of phenolic OH excluding ortho intramolecular Hbond substituents is 3. The first-order chi connectivity index (χ1) is 6.06. The van der Waals surface area contributed by atoms with Gasteiger partial charge in [-0.2, -0.15) is 0 Å². The Kier molecular flexibility index (Phi) is 2.63. The molecule has 0 aliphatic carbocycles. The van der Waals surface area contributed by atoms with Crippen LogP contribution in [0.4, 0.5) is 0 Å². The molecule has 0 heterocycles. The standard InChI is InChI=1S/C9H12NO3/c1-2-6(10)9-7(12)3-5(11)4-8(9)13/h3-4,11-13H,2,10H2,1H3. The average Bonchev–Trinajstić information content (AvgIpc) is 2.02. The van der Waals surface area contributed by atoms with Crippen molar-refractivity contribution in [2.45, 2.75) is 13.3 Å². The molecule has 0 saturated heterocycles. The number of aromatic hydroxyl groups is 3. The van der Waals surface area contributed by atoms with Gasteiger partial charge in [-0.05, 0) is 6.42 Å². The van der Waals surface area contributed by atoms with Gasteiger partial charge in [-0.1, -0.05) is 6.92 Å². The molecule has 1 radical (unpaired) electrons. The Balaban J connectivity index is 3.20. The molecule has 0 saturated carbocycles. The summed E-state index contributed by atoms with van der Waals surface area (Å²) in [6, 6.07) is 2.66. The normalized spacial score (nSPS) is 10.7. The predicted molar refractivity (Wildman–Crippen MR) is 48.3 cm³/mol. The number of nitrogens with two attached hydrogens (primary N) is 1. The monoisotopic (exact) mass is 182 g/mol. The summed E-state index contributed by atoms with van der Waals surface area (Å²) in [4.78, 5) is 0. The second-order valence-electron chi connectivity index (χ2n) is 2.74. The molecule has 0 atom stereocenters. The van der Waals surface area contributed by atoms with Crippen molar-refractivity contribution in [2.75, 3.05) is 0 Å². The number of rotatable bonds is 2. The number of hydrogen-bond acceptors (Lipinski definition) is 4. The first-order valence-electron chi connectivity index (χ1n) is 3.92. The molecule has 0 aromatic heterocycles. The van der Waals surface area contributed by atoms with Crippen LogP contribution in [0, 0.1) is 6.04 Å². The molecular weight excluding hydrogens is 170 g/mol. The SMILES string of the molecule is CC[C](N)c1c(O)cc(O)cc1O. The van der Waals surface area contributed by atoms with E-state index in [9.17, 15) is 10.2 Å². The van der Waals surface area contributed by atoms with Crippen LogP contribution in [0.1, 0.15) is 18.9 Å². The third-order valence-corrected chi connectivity index (χ3v) is 1.78. The van der Waals surface area contributed by atoms with Gasteiger partial charge >= 0.3 is 0 Å². The van der Waals surface area contributed by atoms with Crippen LogP contribution in [-0.4, -0.2) is 15.3 Å². The molecule has 1 rings (SSSR count). The van der Waals surface area contributed by atoms with E-state index in [4.69, 9.17) is 10.8 Å². The van der Waals surface area contributed by atoms with Crippen molar-refractivity contribution in [2.24, 2.45) is 5.73 Å². The van der Waals surface area contributed by atoms with E-state index in [1.165, 1.54) is 0 Å². The molecule has 13 heavy (non-hydrogen) atoms. The molecule has 1 aromatic carbocycles. The molecule has 5 N–H and O–H groups in total. The van der Waals surface area contributed by atoms with Crippen molar-refractivity contribution in [3.8, 4) is 17.2 Å². The van der Waals surface area contributed by atoms with E-state index in [0.717, 1.165) is 12.1 Å². The Morgan fingerprint density at radius 2 is 1.69 bits per heavy atom. The van der Waals surface area contributed by atoms with E-state index in [1.807, 2.05) is 0 Å². The second kappa shape index (κ2) is 3.53. The summed E-state index contributed by atoms with van der Waals surface area (Å²) in [6.45, 7) is 1.81. The minimum Gasteiger partial charge on any atom is -0.508 e. The van der Waals surface area contributed by atoms with E-state index in [2.05, 4.69) is 0 Å². The lowest BCUT2D eigenvalue weighted by molar-refractivity contribution is 0.420. The van der Waals surface area contributed by atoms with Gasteiger partial charge < -0.3 is 21.1 Å². The number of phenols is 3. The van der Waals surface area contributed by atoms with Crippen LogP contribution < -0.4 is 5.73 Å². The van der Waals surface area contributed by atoms with Gasteiger partial charge in [0, 0.05) is 12.1 Å².